The summed E-state index contributed by atoms with van der Waals surface area (Å²) in [4.78, 5) is 21.0. The molecule has 2 aliphatic rings. The molecule has 35 heavy (non-hydrogen) atoms. The highest BCUT2D eigenvalue weighted by atomic mass is 32.2. The molecule has 1 heterocycles. The number of halogens is 6. The monoisotopic (exact) mass is 534 g/mol. The van der Waals surface area contributed by atoms with E-state index in [1.54, 1.807) is 7.11 Å². The minimum absolute atomic E-state index is 0.0344. The van der Waals surface area contributed by atoms with Gasteiger partial charge in [-0.2, -0.15) is 26.3 Å². The third-order valence-corrected chi connectivity index (χ3v) is 6.69. The molecule has 0 unspecified atom stereocenters. The molecular weight excluding hydrogens is 514 g/mol. The lowest BCUT2D eigenvalue weighted by molar-refractivity contribution is -0.192. The molecule has 0 bridgehead atoms. The molecule has 1 aliphatic carbocycles. The van der Waals surface area contributed by atoms with Gasteiger partial charge in [0.1, 0.15) is 0 Å². The van der Waals surface area contributed by atoms with Crippen molar-refractivity contribution >= 4 is 21.9 Å². The van der Waals surface area contributed by atoms with Gasteiger partial charge in [-0.3, -0.25) is 4.79 Å². The Labute approximate surface area is 194 Å². The lowest BCUT2D eigenvalue weighted by Crippen LogP contribution is -2.57. The number of methoxy groups -OCH3 is 1. The fraction of sp³-hybridized carbons (Fsp3) is 0.556. The van der Waals surface area contributed by atoms with Gasteiger partial charge in [0.05, 0.1) is 16.5 Å². The Bertz CT molecular complexity index is 1070. The average Bonchev–Trinajstić information content (AvgIpc) is 3.56. The van der Waals surface area contributed by atoms with E-state index in [0.717, 1.165) is 24.3 Å². The first-order valence-corrected chi connectivity index (χ1v) is 11.2. The number of ether oxygens (including phenoxy) is 1. The van der Waals surface area contributed by atoms with E-state index in [0.29, 0.717) is 12.8 Å². The van der Waals surface area contributed by atoms with E-state index in [-0.39, 0.29) is 29.4 Å². The van der Waals surface area contributed by atoms with Crippen molar-refractivity contribution in [2.75, 3.05) is 7.11 Å². The Morgan fingerprint density at radius 3 is 1.89 bits per heavy atom. The van der Waals surface area contributed by atoms with Crippen LogP contribution >= 0.6 is 0 Å². The molecule has 0 spiro atoms. The van der Waals surface area contributed by atoms with Crippen LogP contribution in [-0.2, 0) is 30.0 Å². The fourth-order valence-electron chi connectivity index (χ4n) is 3.16. The van der Waals surface area contributed by atoms with E-state index >= 15 is 0 Å². The van der Waals surface area contributed by atoms with Crippen LogP contribution in [0.5, 0.6) is 0 Å². The number of carbonyl (C=O) groups is 2. The third-order valence-electron chi connectivity index (χ3n) is 5.34. The van der Waals surface area contributed by atoms with Crippen LogP contribution in [-0.4, -0.2) is 56.5 Å². The van der Waals surface area contributed by atoms with Gasteiger partial charge in [0, 0.05) is 12.7 Å². The van der Waals surface area contributed by atoms with E-state index in [9.17, 15) is 39.6 Å². The summed E-state index contributed by atoms with van der Waals surface area (Å²) in [6, 6.07) is 3.86. The largest absolute Gasteiger partial charge is 0.490 e. The van der Waals surface area contributed by atoms with Gasteiger partial charge in [-0.1, -0.05) is 12.1 Å². The topological polar surface area (TPSA) is 161 Å². The Kier molecular flexibility index (Phi) is 7.88. The molecule has 1 aliphatic heterocycles. The molecule has 196 valence electrons. The Morgan fingerprint density at radius 2 is 1.54 bits per heavy atom. The normalized spacial score (nSPS) is 23.6. The minimum Gasteiger partial charge on any atom is -0.475 e. The lowest BCUT2D eigenvalue weighted by Gasteiger charge is -2.35. The minimum atomic E-state index is -5.08. The second-order valence-corrected chi connectivity index (χ2v) is 9.41. The maximum Gasteiger partial charge on any atom is 0.490 e. The van der Waals surface area contributed by atoms with E-state index in [4.69, 9.17) is 20.4 Å². The lowest BCUT2D eigenvalue weighted by atomic mass is 9.81. The van der Waals surface area contributed by atoms with Crippen LogP contribution in [0.2, 0.25) is 0 Å². The number of carboxylic acids is 1. The summed E-state index contributed by atoms with van der Waals surface area (Å²) in [6.07, 6.45) is -8.29. The van der Waals surface area contributed by atoms with Gasteiger partial charge < -0.3 is 15.6 Å². The number of amides is 1. The fourth-order valence-corrected chi connectivity index (χ4v) is 4.22. The zero-order valence-electron chi connectivity index (χ0n) is 17.9. The van der Waals surface area contributed by atoms with Crippen molar-refractivity contribution in [2.24, 2.45) is 16.0 Å². The number of aliphatic carboxylic acids is 1. The molecule has 0 aromatic heterocycles. The molecule has 0 radical (unpaired) electrons. The number of rotatable bonds is 5. The second kappa shape index (κ2) is 9.69. The van der Waals surface area contributed by atoms with Crippen molar-refractivity contribution in [2.45, 2.75) is 60.2 Å². The third kappa shape index (κ3) is 6.46. The number of alkyl halides is 6. The van der Waals surface area contributed by atoms with Crippen molar-refractivity contribution in [3.05, 3.63) is 29.8 Å². The van der Waals surface area contributed by atoms with Gasteiger partial charge in [0.25, 0.3) is 15.9 Å². The van der Waals surface area contributed by atoms with Crippen LogP contribution < -0.4 is 10.5 Å². The maximum atomic E-state index is 13.0. The predicted molar refractivity (Wildman–Crippen MR) is 104 cm³/mol. The molecule has 0 atom stereocenters. The Hall–Kier alpha value is -2.79. The van der Waals surface area contributed by atoms with Crippen LogP contribution in [0.3, 0.4) is 0 Å². The van der Waals surface area contributed by atoms with Crippen LogP contribution in [0, 0.1) is 0 Å². The molecule has 1 aromatic rings. The van der Waals surface area contributed by atoms with Crippen molar-refractivity contribution in [3.8, 4) is 0 Å². The molecule has 10 nitrogen and oxygen atoms in total. The van der Waals surface area contributed by atoms with Gasteiger partial charge in [0.2, 0.25) is 0 Å². The van der Waals surface area contributed by atoms with Crippen LogP contribution in [0.25, 0.3) is 0 Å². The van der Waals surface area contributed by atoms with E-state index < -0.39 is 45.5 Å². The van der Waals surface area contributed by atoms with Crippen LogP contribution in [0.15, 0.2) is 39.4 Å². The smallest absolute Gasteiger partial charge is 0.475 e. The summed E-state index contributed by atoms with van der Waals surface area (Å²) in [6.45, 7) is 0. The number of nitrogens with two attached hydrogens (primary N) is 1. The zero-order valence-corrected chi connectivity index (χ0v) is 18.7. The van der Waals surface area contributed by atoms with Crippen molar-refractivity contribution < 1.29 is 54.2 Å². The summed E-state index contributed by atoms with van der Waals surface area (Å²) in [5.74, 6) is -3.61. The van der Waals surface area contributed by atoms with E-state index in [2.05, 4.69) is 10.2 Å². The van der Waals surface area contributed by atoms with Crippen molar-refractivity contribution in [1.82, 2.24) is 4.72 Å². The van der Waals surface area contributed by atoms with Crippen molar-refractivity contribution in [1.29, 1.82) is 0 Å². The van der Waals surface area contributed by atoms with Gasteiger partial charge in [-0.25, -0.2) is 17.9 Å². The molecule has 4 N–H and O–H groups in total. The highest BCUT2D eigenvalue weighted by molar-refractivity contribution is 7.90. The number of nitrogens with one attached hydrogen (secondary N) is 1. The maximum absolute atomic E-state index is 13.0. The highest BCUT2D eigenvalue weighted by Crippen LogP contribution is 2.52. The molecule has 1 saturated carbocycles. The number of carboxylic acid groups (broad SMARTS) is 1. The predicted octanol–water partition coefficient (Wildman–Crippen LogP) is 2.59. The summed E-state index contributed by atoms with van der Waals surface area (Å²) in [7, 11) is -2.75. The van der Waals surface area contributed by atoms with Gasteiger partial charge in [0.15, 0.2) is 0 Å². The summed E-state index contributed by atoms with van der Waals surface area (Å²) in [5, 5.41) is 13.2. The van der Waals surface area contributed by atoms with Gasteiger partial charge >= 0.3 is 24.0 Å². The first kappa shape index (κ1) is 28.4. The highest BCUT2D eigenvalue weighted by Gasteiger charge is 2.65. The number of sulfonamides is 1. The number of hydrogen-bond donors (Lipinski definition) is 3. The number of benzene rings is 1. The first-order valence-electron chi connectivity index (χ1n) is 9.68. The second-order valence-electron chi connectivity index (χ2n) is 7.72. The molecule has 1 fully saturated rings. The molecular formula is C18H20F6N4O6S. The number of nitrogens with zero attached hydrogens (tertiary/aromatic N) is 2. The quantitative estimate of drug-likeness (QED) is 0.490. The van der Waals surface area contributed by atoms with Crippen molar-refractivity contribution in [3.63, 3.8) is 0 Å². The Balaban J connectivity index is 0.000000540. The van der Waals surface area contributed by atoms with Gasteiger partial charge in [-0.15, -0.1) is 10.2 Å². The SMILES string of the molecule is COC1CCC(N)(C(=O)NS(=O)(=O)c2ccc(C3(C(F)(F)F)N=N3)cc2)CC1.O=C(O)C(F)(F)F. The summed E-state index contributed by atoms with van der Waals surface area (Å²) >= 11 is 0. The van der Waals surface area contributed by atoms with Crippen LogP contribution in [0.1, 0.15) is 31.2 Å². The number of carbonyl (C=O) groups excluding carboxylic acids is 1. The first-order chi connectivity index (χ1) is 15.9. The molecule has 17 heteroatoms. The van der Waals surface area contributed by atoms with E-state index in [1.165, 1.54) is 0 Å². The average molecular weight is 534 g/mol. The van der Waals surface area contributed by atoms with Gasteiger partial charge in [-0.05, 0) is 37.8 Å². The van der Waals surface area contributed by atoms with Crippen LogP contribution in [0.4, 0.5) is 26.3 Å². The summed E-state index contributed by atoms with van der Waals surface area (Å²) in [5.41, 5.74) is 1.76. The summed E-state index contributed by atoms with van der Waals surface area (Å²) < 4.78 is 103. The molecule has 1 amide bonds. The Morgan fingerprint density at radius 1 is 1.09 bits per heavy atom. The zero-order chi connectivity index (χ0) is 26.9. The molecule has 0 saturated heterocycles. The van der Waals surface area contributed by atoms with E-state index in [1.807, 2.05) is 4.72 Å². The molecule has 1 aromatic carbocycles. The molecule has 3 rings (SSSR count). The number of hydrogen-bond acceptors (Lipinski definition) is 8. The standard InChI is InChI=1S/C16H19F3N4O4S.C2HF3O2/c1-27-11-6-8-14(20,9-7-11)13(24)21-28(25,26)12-4-2-10(3-5-12)15(22-23-15)16(17,18)19;3-2(4,5)1(6)7/h2-5,11H,6-9,20H2,1H3,(H,21,24);(H,6,7).